The van der Waals surface area contributed by atoms with Gasteiger partial charge in [0, 0.05) is 31.3 Å². The lowest BCUT2D eigenvalue weighted by molar-refractivity contribution is 0.478. The monoisotopic (exact) mass is 318 g/mol. The van der Waals surface area contributed by atoms with Gasteiger partial charge in [-0.3, -0.25) is 0 Å². The normalized spacial score (nSPS) is 11.1. The van der Waals surface area contributed by atoms with Crippen molar-refractivity contribution in [2.45, 2.75) is 9.79 Å². The molecule has 4 aromatic rings. The second kappa shape index (κ2) is 5.52. The van der Waals surface area contributed by atoms with Gasteiger partial charge in [-0.2, -0.15) is 0 Å². The third kappa shape index (κ3) is 2.30. The van der Waals surface area contributed by atoms with Gasteiger partial charge in [-0.15, -0.1) is 0 Å². The fourth-order valence-corrected chi connectivity index (χ4v) is 3.85. The topological polar surface area (TPSA) is 40.5 Å². The van der Waals surface area contributed by atoms with Crippen LogP contribution in [0.3, 0.4) is 0 Å². The molecule has 2 nitrogen and oxygen atoms in total. The third-order valence-corrected chi connectivity index (χ3v) is 4.99. The zero-order chi connectivity index (χ0) is 15.8. The lowest BCUT2D eigenvalue weighted by Gasteiger charge is -2.13. The fraction of sp³-hybridized carbons (Fsp3) is 0. The molecule has 0 radical (unpaired) electrons. The second-order valence-electron chi connectivity index (χ2n) is 5.34. The zero-order valence-corrected chi connectivity index (χ0v) is 13.0. The fourth-order valence-electron chi connectivity index (χ4n) is 2.85. The quantitative estimate of drug-likeness (QED) is 0.376. The molecule has 4 rings (SSSR count). The van der Waals surface area contributed by atoms with E-state index < -0.39 is 0 Å². The minimum atomic E-state index is 0.212. The Hall–Kier alpha value is -2.65. The average molecular weight is 318 g/mol. The Morgan fingerprint density at radius 1 is 0.565 bits per heavy atom. The van der Waals surface area contributed by atoms with Crippen molar-refractivity contribution in [1.29, 1.82) is 0 Å². The van der Waals surface area contributed by atoms with Crippen molar-refractivity contribution >= 4 is 33.3 Å². The molecule has 23 heavy (non-hydrogen) atoms. The Morgan fingerprint density at radius 3 is 1.91 bits per heavy atom. The van der Waals surface area contributed by atoms with E-state index in [1.54, 1.807) is 11.8 Å². The van der Waals surface area contributed by atoms with Crippen LogP contribution in [0, 0.1) is 0 Å². The average Bonchev–Trinajstić information content (AvgIpc) is 2.60. The third-order valence-electron chi connectivity index (χ3n) is 3.93. The number of phenolic OH excluding ortho intramolecular Hbond substituents is 2. The first kappa shape index (κ1) is 14.0. The molecule has 0 bridgehead atoms. The Kier molecular flexibility index (Phi) is 3.36. The van der Waals surface area contributed by atoms with Crippen molar-refractivity contribution in [3.63, 3.8) is 0 Å². The van der Waals surface area contributed by atoms with Gasteiger partial charge in [-0.05, 0) is 18.2 Å². The molecule has 0 unspecified atom stereocenters. The van der Waals surface area contributed by atoms with E-state index in [0.29, 0.717) is 21.5 Å². The van der Waals surface area contributed by atoms with Gasteiger partial charge < -0.3 is 10.2 Å². The van der Waals surface area contributed by atoms with Crippen LogP contribution in [0.25, 0.3) is 21.5 Å². The summed E-state index contributed by atoms with van der Waals surface area (Å²) in [6.07, 6.45) is 0. The van der Waals surface area contributed by atoms with Gasteiger partial charge in [0.05, 0.1) is 0 Å². The highest BCUT2D eigenvalue weighted by Crippen LogP contribution is 2.46. The van der Waals surface area contributed by atoms with Crippen LogP contribution in [-0.4, -0.2) is 10.2 Å². The second-order valence-corrected chi connectivity index (χ2v) is 6.45. The molecule has 0 spiro atoms. The maximum absolute atomic E-state index is 10.8. The molecule has 0 atom stereocenters. The van der Waals surface area contributed by atoms with Crippen molar-refractivity contribution in [3.05, 3.63) is 72.8 Å². The van der Waals surface area contributed by atoms with Crippen molar-refractivity contribution in [2.24, 2.45) is 0 Å². The maximum Gasteiger partial charge on any atom is 0.132 e. The first-order valence-electron chi connectivity index (χ1n) is 7.34. The van der Waals surface area contributed by atoms with Gasteiger partial charge >= 0.3 is 0 Å². The van der Waals surface area contributed by atoms with Crippen molar-refractivity contribution in [3.8, 4) is 11.5 Å². The van der Waals surface area contributed by atoms with Crippen molar-refractivity contribution in [1.82, 2.24) is 0 Å². The van der Waals surface area contributed by atoms with Gasteiger partial charge in [0.2, 0.25) is 0 Å². The molecule has 2 N–H and O–H groups in total. The smallest absolute Gasteiger partial charge is 0.132 e. The molecule has 0 saturated heterocycles. The van der Waals surface area contributed by atoms with Crippen LogP contribution in [0.2, 0.25) is 0 Å². The summed E-state index contributed by atoms with van der Waals surface area (Å²) < 4.78 is 0. The standard InChI is InChI=1S/C20H14O2S/c21-19-14-9-4-5-10-15(14)20(22)18-16(19)11-6-12-17(18)23-13-7-2-1-3-8-13/h1-12,21-22H. The summed E-state index contributed by atoms with van der Waals surface area (Å²) in [4.78, 5) is 2.01. The number of hydrogen-bond acceptors (Lipinski definition) is 3. The lowest BCUT2D eigenvalue weighted by atomic mass is 10.0. The largest absolute Gasteiger partial charge is 0.507 e. The first-order chi connectivity index (χ1) is 11.3. The molecule has 4 aromatic carbocycles. The Bertz CT molecular complexity index is 1010. The van der Waals surface area contributed by atoms with E-state index in [1.165, 1.54) is 0 Å². The summed E-state index contributed by atoms with van der Waals surface area (Å²) in [6.45, 7) is 0. The number of aromatic hydroxyl groups is 2. The minimum Gasteiger partial charge on any atom is -0.507 e. The summed E-state index contributed by atoms with van der Waals surface area (Å²) in [5.41, 5.74) is 0. The summed E-state index contributed by atoms with van der Waals surface area (Å²) >= 11 is 1.58. The number of hydrogen-bond donors (Lipinski definition) is 2. The van der Waals surface area contributed by atoms with Crippen molar-refractivity contribution in [2.75, 3.05) is 0 Å². The molecule has 0 aliphatic carbocycles. The van der Waals surface area contributed by atoms with Gasteiger partial charge in [-0.1, -0.05) is 66.4 Å². The van der Waals surface area contributed by atoms with E-state index >= 15 is 0 Å². The maximum atomic E-state index is 10.8. The van der Waals surface area contributed by atoms with E-state index in [1.807, 2.05) is 72.8 Å². The summed E-state index contributed by atoms with van der Waals surface area (Å²) in [5.74, 6) is 0.427. The predicted octanol–water partition coefficient (Wildman–Crippen LogP) is 5.56. The van der Waals surface area contributed by atoms with Crippen LogP contribution in [0.4, 0.5) is 0 Å². The van der Waals surface area contributed by atoms with E-state index in [9.17, 15) is 10.2 Å². The molecule has 0 amide bonds. The van der Waals surface area contributed by atoms with Crippen LogP contribution in [0.15, 0.2) is 82.6 Å². The highest BCUT2D eigenvalue weighted by molar-refractivity contribution is 7.99. The minimum absolute atomic E-state index is 0.212. The van der Waals surface area contributed by atoms with Crippen LogP contribution in [-0.2, 0) is 0 Å². The molecule has 0 aliphatic heterocycles. The number of rotatable bonds is 2. The lowest BCUT2D eigenvalue weighted by Crippen LogP contribution is -1.84. The van der Waals surface area contributed by atoms with Gasteiger partial charge in [-0.25, -0.2) is 0 Å². The predicted molar refractivity (Wildman–Crippen MR) is 95.3 cm³/mol. The first-order valence-corrected chi connectivity index (χ1v) is 8.15. The van der Waals surface area contributed by atoms with Crippen LogP contribution < -0.4 is 0 Å². The molecular formula is C20H14O2S. The number of benzene rings is 4. The summed E-state index contributed by atoms with van der Waals surface area (Å²) in [5, 5.41) is 24.1. The van der Waals surface area contributed by atoms with Gasteiger partial charge in [0.15, 0.2) is 0 Å². The molecule has 0 heterocycles. The zero-order valence-electron chi connectivity index (χ0n) is 12.2. The van der Waals surface area contributed by atoms with Crippen LogP contribution in [0.1, 0.15) is 0 Å². The van der Waals surface area contributed by atoms with Gasteiger partial charge in [0.25, 0.3) is 0 Å². The van der Waals surface area contributed by atoms with E-state index in [0.717, 1.165) is 9.79 Å². The summed E-state index contributed by atoms with van der Waals surface area (Å²) in [7, 11) is 0. The molecule has 0 aliphatic rings. The van der Waals surface area contributed by atoms with Gasteiger partial charge in [0.1, 0.15) is 11.5 Å². The Balaban J connectivity index is 2.03. The van der Waals surface area contributed by atoms with E-state index in [-0.39, 0.29) is 11.5 Å². The molecule has 0 fully saturated rings. The number of fused-ring (bicyclic) bond motifs is 2. The molecule has 0 saturated carbocycles. The molecule has 0 aromatic heterocycles. The highest BCUT2D eigenvalue weighted by Gasteiger charge is 2.15. The Morgan fingerprint density at radius 2 is 1.17 bits per heavy atom. The molecule has 3 heteroatoms. The molecule has 112 valence electrons. The summed E-state index contributed by atoms with van der Waals surface area (Å²) in [6, 6.07) is 23.1. The number of phenols is 2. The molecular weight excluding hydrogens is 304 g/mol. The van der Waals surface area contributed by atoms with Crippen molar-refractivity contribution < 1.29 is 10.2 Å². The van der Waals surface area contributed by atoms with E-state index in [2.05, 4.69) is 0 Å². The van der Waals surface area contributed by atoms with E-state index in [4.69, 9.17) is 0 Å². The van der Waals surface area contributed by atoms with Crippen LogP contribution >= 0.6 is 11.8 Å². The van der Waals surface area contributed by atoms with Crippen LogP contribution in [0.5, 0.6) is 11.5 Å². The SMILES string of the molecule is Oc1c2ccccc2c(O)c2c(Sc3ccccc3)cccc12. The Labute approximate surface area is 138 Å². The highest BCUT2D eigenvalue weighted by atomic mass is 32.2.